The van der Waals surface area contributed by atoms with Crippen molar-refractivity contribution in [2.45, 2.75) is 23.9 Å². The molecule has 19 heavy (non-hydrogen) atoms. The summed E-state index contributed by atoms with van der Waals surface area (Å²) in [5.41, 5.74) is 2.66. The van der Waals surface area contributed by atoms with Crippen molar-refractivity contribution in [3.63, 3.8) is 0 Å². The standard InChI is InChI=1S/C11H18N4O3S/c1-15(9-4-7-18-8-5-9)19(16,17)11-10(14-12)3-2-6-13-11/h2-3,6,9,14H,4-5,7-8,12H2,1H3. The van der Waals surface area contributed by atoms with Gasteiger partial charge in [0.1, 0.15) is 0 Å². The van der Waals surface area contributed by atoms with Crippen LogP contribution in [0.25, 0.3) is 0 Å². The molecule has 1 aliphatic heterocycles. The second kappa shape index (κ2) is 5.83. The zero-order valence-electron chi connectivity index (χ0n) is 10.7. The first-order valence-electron chi connectivity index (χ1n) is 6.05. The number of rotatable bonds is 4. The van der Waals surface area contributed by atoms with E-state index in [4.69, 9.17) is 10.6 Å². The van der Waals surface area contributed by atoms with Gasteiger partial charge >= 0.3 is 0 Å². The van der Waals surface area contributed by atoms with Crippen molar-refractivity contribution in [3.05, 3.63) is 18.3 Å². The summed E-state index contributed by atoms with van der Waals surface area (Å²) < 4.78 is 31.7. The lowest BCUT2D eigenvalue weighted by molar-refractivity contribution is 0.0631. The van der Waals surface area contributed by atoms with E-state index < -0.39 is 10.0 Å². The van der Waals surface area contributed by atoms with Crippen LogP contribution in [0.1, 0.15) is 12.8 Å². The van der Waals surface area contributed by atoms with Gasteiger partial charge in [-0.05, 0) is 25.0 Å². The molecule has 0 amide bonds. The van der Waals surface area contributed by atoms with Crippen LogP contribution in [0.5, 0.6) is 0 Å². The van der Waals surface area contributed by atoms with Gasteiger partial charge in [0, 0.05) is 32.5 Å². The van der Waals surface area contributed by atoms with E-state index in [1.807, 2.05) is 0 Å². The van der Waals surface area contributed by atoms with E-state index in [0.717, 1.165) is 0 Å². The number of aromatic nitrogens is 1. The number of nitrogens with one attached hydrogen (secondary N) is 1. The van der Waals surface area contributed by atoms with Crippen molar-refractivity contribution in [1.82, 2.24) is 9.29 Å². The maximum Gasteiger partial charge on any atom is 0.262 e. The molecule has 0 aliphatic carbocycles. The SMILES string of the molecule is CN(C1CCOCC1)S(=O)(=O)c1ncccc1NN. The van der Waals surface area contributed by atoms with E-state index in [1.165, 1.54) is 10.5 Å². The van der Waals surface area contributed by atoms with Crippen LogP contribution in [0.15, 0.2) is 23.4 Å². The topological polar surface area (TPSA) is 97.5 Å². The highest BCUT2D eigenvalue weighted by Crippen LogP contribution is 2.24. The van der Waals surface area contributed by atoms with Crippen LogP contribution in [-0.4, -0.2) is 44.0 Å². The Bertz CT molecular complexity index is 528. The minimum atomic E-state index is -3.66. The maximum absolute atomic E-state index is 12.5. The molecule has 0 saturated carbocycles. The van der Waals surface area contributed by atoms with Crippen LogP contribution in [0.3, 0.4) is 0 Å². The monoisotopic (exact) mass is 286 g/mol. The Kier molecular flexibility index (Phi) is 4.35. The van der Waals surface area contributed by atoms with E-state index >= 15 is 0 Å². The Balaban J connectivity index is 2.30. The summed E-state index contributed by atoms with van der Waals surface area (Å²) >= 11 is 0. The lowest BCUT2D eigenvalue weighted by Crippen LogP contribution is -2.41. The molecule has 0 radical (unpaired) electrons. The number of anilines is 1. The van der Waals surface area contributed by atoms with Gasteiger partial charge in [0.05, 0.1) is 5.69 Å². The summed E-state index contributed by atoms with van der Waals surface area (Å²) in [7, 11) is -2.09. The number of nitrogens with zero attached hydrogens (tertiary/aromatic N) is 2. The van der Waals surface area contributed by atoms with Crippen molar-refractivity contribution in [1.29, 1.82) is 0 Å². The molecule has 3 N–H and O–H groups in total. The molecule has 1 saturated heterocycles. The maximum atomic E-state index is 12.5. The lowest BCUT2D eigenvalue weighted by Gasteiger charge is -2.30. The van der Waals surface area contributed by atoms with E-state index in [0.29, 0.717) is 31.7 Å². The van der Waals surface area contributed by atoms with E-state index in [9.17, 15) is 8.42 Å². The predicted molar refractivity (Wildman–Crippen MR) is 70.8 cm³/mol. The van der Waals surface area contributed by atoms with Crippen molar-refractivity contribution >= 4 is 15.7 Å². The second-order valence-electron chi connectivity index (χ2n) is 4.37. The van der Waals surface area contributed by atoms with Crippen LogP contribution in [0.2, 0.25) is 0 Å². The second-order valence-corrected chi connectivity index (χ2v) is 6.28. The molecule has 1 fully saturated rings. The molecule has 0 bridgehead atoms. The minimum Gasteiger partial charge on any atom is -0.381 e. The van der Waals surface area contributed by atoms with Crippen molar-refractivity contribution < 1.29 is 13.2 Å². The third-order valence-electron chi connectivity index (χ3n) is 3.26. The minimum absolute atomic E-state index is 0.0495. The number of pyridine rings is 1. The molecule has 1 aliphatic rings. The number of hydrogen-bond acceptors (Lipinski definition) is 6. The lowest BCUT2D eigenvalue weighted by atomic mass is 10.1. The molecule has 8 heteroatoms. The average molecular weight is 286 g/mol. The predicted octanol–water partition coefficient (Wildman–Crippen LogP) is 0.167. The molecule has 0 atom stereocenters. The van der Waals surface area contributed by atoms with Crippen LogP contribution < -0.4 is 11.3 Å². The molecule has 7 nitrogen and oxygen atoms in total. The van der Waals surface area contributed by atoms with Gasteiger partial charge in [-0.1, -0.05) is 0 Å². The molecule has 2 rings (SSSR count). The molecular formula is C11H18N4O3S. The fourth-order valence-corrected chi connectivity index (χ4v) is 3.56. The Hall–Kier alpha value is -1.22. The summed E-state index contributed by atoms with van der Waals surface area (Å²) in [5.74, 6) is 5.33. The van der Waals surface area contributed by atoms with Gasteiger partial charge in [0.25, 0.3) is 10.0 Å². The van der Waals surface area contributed by atoms with Crippen LogP contribution in [0.4, 0.5) is 5.69 Å². The van der Waals surface area contributed by atoms with Gasteiger partial charge in [-0.15, -0.1) is 0 Å². The Labute approximate surface area is 112 Å². The fourth-order valence-electron chi connectivity index (χ4n) is 2.09. The highest BCUT2D eigenvalue weighted by Gasteiger charge is 2.31. The first-order valence-corrected chi connectivity index (χ1v) is 7.49. The number of nitrogens with two attached hydrogens (primary N) is 1. The van der Waals surface area contributed by atoms with Gasteiger partial charge in [-0.25, -0.2) is 13.4 Å². The summed E-state index contributed by atoms with van der Waals surface area (Å²) in [6, 6.07) is 3.15. The summed E-state index contributed by atoms with van der Waals surface area (Å²) in [4.78, 5) is 3.93. The summed E-state index contributed by atoms with van der Waals surface area (Å²) in [6.07, 6.45) is 2.81. The third kappa shape index (κ3) is 2.86. The molecule has 2 heterocycles. The van der Waals surface area contributed by atoms with E-state index in [2.05, 4.69) is 10.4 Å². The van der Waals surface area contributed by atoms with Gasteiger partial charge < -0.3 is 10.2 Å². The molecule has 0 unspecified atom stereocenters. The first-order chi connectivity index (χ1) is 9.07. The molecule has 1 aromatic heterocycles. The Morgan fingerprint density at radius 1 is 1.47 bits per heavy atom. The van der Waals surface area contributed by atoms with Crippen LogP contribution in [0, 0.1) is 0 Å². The summed E-state index contributed by atoms with van der Waals surface area (Å²) in [5, 5.41) is -0.0495. The summed E-state index contributed by atoms with van der Waals surface area (Å²) in [6.45, 7) is 1.16. The molecule has 0 aromatic carbocycles. The average Bonchev–Trinajstić information content (AvgIpc) is 2.47. The van der Waals surface area contributed by atoms with Crippen LogP contribution in [-0.2, 0) is 14.8 Å². The number of hydrogen-bond donors (Lipinski definition) is 2. The normalized spacial score (nSPS) is 17.6. The number of ether oxygens (including phenoxy) is 1. The highest BCUT2D eigenvalue weighted by molar-refractivity contribution is 7.89. The molecule has 1 aromatic rings. The van der Waals surface area contributed by atoms with E-state index in [1.54, 1.807) is 19.2 Å². The van der Waals surface area contributed by atoms with Crippen molar-refractivity contribution in [2.24, 2.45) is 5.84 Å². The van der Waals surface area contributed by atoms with Gasteiger partial charge in [0.15, 0.2) is 5.03 Å². The largest absolute Gasteiger partial charge is 0.381 e. The Morgan fingerprint density at radius 2 is 2.16 bits per heavy atom. The fraction of sp³-hybridized carbons (Fsp3) is 0.545. The van der Waals surface area contributed by atoms with Gasteiger partial charge in [0.2, 0.25) is 0 Å². The van der Waals surface area contributed by atoms with Crippen molar-refractivity contribution in [2.75, 3.05) is 25.7 Å². The molecule has 0 spiro atoms. The third-order valence-corrected chi connectivity index (χ3v) is 5.13. The Morgan fingerprint density at radius 3 is 2.79 bits per heavy atom. The number of sulfonamides is 1. The zero-order chi connectivity index (χ0) is 13.9. The molecular weight excluding hydrogens is 268 g/mol. The molecule has 106 valence electrons. The van der Waals surface area contributed by atoms with Crippen molar-refractivity contribution in [3.8, 4) is 0 Å². The van der Waals surface area contributed by atoms with Crippen LogP contribution >= 0.6 is 0 Å². The number of nitrogen functional groups attached to an aromatic ring is 1. The zero-order valence-corrected chi connectivity index (χ0v) is 11.6. The van der Waals surface area contributed by atoms with Gasteiger partial charge in [-0.2, -0.15) is 4.31 Å². The smallest absolute Gasteiger partial charge is 0.262 e. The number of hydrazine groups is 1. The first kappa shape index (κ1) is 14.2. The quantitative estimate of drug-likeness (QED) is 0.605. The van der Waals surface area contributed by atoms with Gasteiger partial charge in [-0.3, -0.25) is 5.84 Å². The highest BCUT2D eigenvalue weighted by atomic mass is 32.2. The van der Waals surface area contributed by atoms with E-state index in [-0.39, 0.29) is 11.1 Å².